The molecule has 8 aliphatic carbocycles. The van der Waals surface area contributed by atoms with Crippen molar-refractivity contribution in [2.45, 2.75) is 244 Å². The first-order valence-electron chi connectivity index (χ1n) is 42.2. The number of nitrogens with one attached hydrogen (secondary N) is 6. The third-order valence-electron chi connectivity index (χ3n) is 22.8. The van der Waals surface area contributed by atoms with Crippen molar-refractivity contribution >= 4 is 72.4 Å². The number of amides is 6. The van der Waals surface area contributed by atoms with Gasteiger partial charge < -0.3 is 88.7 Å². The van der Waals surface area contributed by atoms with Crippen molar-refractivity contribution in [1.82, 2.24) is 31.9 Å². The van der Waals surface area contributed by atoms with Gasteiger partial charge in [-0.2, -0.15) is 0 Å². The molecule has 8 rings (SSSR count). The minimum absolute atomic E-state index is 0.00591. The van der Waals surface area contributed by atoms with Gasteiger partial charge in [0.1, 0.15) is 52.9 Å². The quantitative estimate of drug-likeness (QED) is 0.0143. The van der Waals surface area contributed by atoms with Crippen molar-refractivity contribution in [2.24, 2.45) is 65.1 Å². The molecule has 6 atom stereocenters. The summed E-state index contributed by atoms with van der Waals surface area (Å²) in [6, 6.07) is 0.345. The number of fused-ring (bicyclic) bond motifs is 4. The normalized spacial score (nSPS) is 24.6. The Bertz CT molecular complexity index is 2750. The van der Waals surface area contributed by atoms with E-state index < -0.39 is 54.3 Å². The number of hydrogen-bond donors (Lipinski definition) is 6. The number of ether oxygens (including phenoxy) is 12. The van der Waals surface area contributed by atoms with E-state index in [1.807, 2.05) is 13.8 Å². The molecule has 0 heterocycles. The van der Waals surface area contributed by atoms with Crippen molar-refractivity contribution in [3.8, 4) is 0 Å². The molecule has 0 aromatic heterocycles. The predicted molar refractivity (Wildman–Crippen MR) is 422 cm³/mol. The molecule has 0 saturated heterocycles. The molecule has 4 bridgehead atoms. The third kappa shape index (κ3) is 42.7. The monoisotopic (exact) mass is 1610 g/mol. The second kappa shape index (κ2) is 57.4. The highest BCUT2D eigenvalue weighted by Crippen LogP contribution is 2.49. The zero-order valence-electron chi connectivity index (χ0n) is 68.0. The fraction of sp³-hybridized carbons (Fsp3) is 0.762. The van der Waals surface area contributed by atoms with Crippen LogP contribution in [0.3, 0.4) is 0 Å². The van der Waals surface area contributed by atoms with Gasteiger partial charge in [0, 0.05) is 74.9 Å². The molecule has 0 aliphatic heterocycles. The van der Waals surface area contributed by atoms with Gasteiger partial charge in [0.2, 0.25) is 0 Å². The zero-order valence-corrected chi connectivity index (χ0v) is 68.0. The van der Waals surface area contributed by atoms with E-state index in [0.29, 0.717) is 120 Å². The fourth-order valence-electron chi connectivity index (χ4n) is 16.9. The molecule has 0 aromatic rings. The number of carbonyl (C=O) groups is 12. The molecule has 8 fully saturated rings. The van der Waals surface area contributed by atoms with Crippen LogP contribution in [0.15, 0.2) is 50.6 Å². The smallest absolute Gasteiger partial charge is 0.407 e. The van der Waals surface area contributed by atoms with Gasteiger partial charge >= 0.3 is 72.4 Å². The van der Waals surface area contributed by atoms with Gasteiger partial charge in [-0.3, -0.25) is 9.59 Å². The summed E-state index contributed by atoms with van der Waals surface area (Å²) in [4.78, 5) is 137. The lowest BCUT2D eigenvalue weighted by Gasteiger charge is -2.34. The van der Waals surface area contributed by atoms with Crippen LogP contribution in [-0.2, 0) is 85.6 Å². The Balaban J connectivity index is 0.000000342. The van der Waals surface area contributed by atoms with E-state index in [2.05, 4.69) is 58.2 Å². The van der Waals surface area contributed by atoms with E-state index in [0.717, 1.165) is 164 Å². The summed E-state index contributed by atoms with van der Waals surface area (Å²) in [5, 5.41) is 17.0. The van der Waals surface area contributed by atoms with E-state index in [1.165, 1.54) is 64.2 Å². The number of hydrogen-bond acceptors (Lipinski definition) is 24. The molecule has 6 N–H and O–H groups in total. The Morgan fingerprint density at radius 3 is 0.912 bits per heavy atom. The first-order chi connectivity index (χ1) is 55.1. The lowest BCUT2D eigenvalue weighted by Crippen LogP contribution is -2.39. The molecule has 0 spiro atoms. The number of carbonyl (C=O) groups excluding carboxylic acids is 12. The highest BCUT2D eigenvalue weighted by Gasteiger charge is 2.41. The minimum Gasteiger partial charge on any atom is -0.466 e. The van der Waals surface area contributed by atoms with E-state index >= 15 is 0 Å². The van der Waals surface area contributed by atoms with Crippen LogP contribution >= 0.6 is 0 Å². The Labute approximate surface area is 674 Å². The lowest BCUT2D eigenvalue weighted by atomic mass is 9.74. The van der Waals surface area contributed by atoms with Gasteiger partial charge in [0.05, 0.1) is 26.4 Å². The van der Waals surface area contributed by atoms with Crippen molar-refractivity contribution in [2.75, 3.05) is 98.9 Å². The van der Waals surface area contributed by atoms with E-state index in [4.69, 9.17) is 56.8 Å². The summed E-state index contributed by atoms with van der Waals surface area (Å²) in [7, 11) is 0. The van der Waals surface area contributed by atoms with Gasteiger partial charge in [-0.25, -0.2) is 47.9 Å². The first kappa shape index (κ1) is 96.0. The molecule has 30 nitrogen and oxygen atoms in total. The molecule has 6 unspecified atom stereocenters. The summed E-state index contributed by atoms with van der Waals surface area (Å²) >= 11 is 0. The second-order valence-electron chi connectivity index (χ2n) is 31.2. The van der Waals surface area contributed by atoms with Crippen molar-refractivity contribution in [3.63, 3.8) is 0 Å². The van der Waals surface area contributed by atoms with E-state index in [-0.39, 0.29) is 89.0 Å². The van der Waals surface area contributed by atoms with Crippen LogP contribution in [0, 0.1) is 65.1 Å². The molecule has 644 valence electrons. The topological polar surface area (TPSA) is 388 Å². The maximum absolute atomic E-state index is 12.5. The van der Waals surface area contributed by atoms with Crippen LogP contribution < -0.4 is 31.9 Å². The molecular weight excluding hydrogens is 1480 g/mol. The molecule has 8 saturated carbocycles. The van der Waals surface area contributed by atoms with Crippen molar-refractivity contribution < 1.29 is 114 Å². The maximum Gasteiger partial charge on any atom is 0.407 e. The van der Waals surface area contributed by atoms with Crippen molar-refractivity contribution in [3.05, 3.63) is 50.6 Å². The minimum atomic E-state index is -0.543. The van der Waals surface area contributed by atoms with Crippen LogP contribution in [-0.4, -0.2) is 189 Å². The van der Waals surface area contributed by atoms with Gasteiger partial charge in [-0.15, -0.1) is 0 Å². The van der Waals surface area contributed by atoms with Crippen molar-refractivity contribution in [1.29, 1.82) is 0 Å². The molecule has 0 radical (unpaired) electrons. The molecular formula is C84H134N6O24. The van der Waals surface area contributed by atoms with E-state index in [1.54, 1.807) is 0 Å². The summed E-state index contributed by atoms with van der Waals surface area (Å²) in [6.45, 7) is 20.6. The van der Waals surface area contributed by atoms with Crippen LogP contribution in [0.5, 0.6) is 0 Å². The number of esters is 6. The third-order valence-corrected chi connectivity index (χ3v) is 22.8. The van der Waals surface area contributed by atoms with Gasteiger partial charge in [-0.1, -0.05) is 58.9 Å². The zero-order chi connectivity index (χ0) is 82.5. The summed E-state index contributed by atoms with van der Waals surface area (Å²) < 4.78 is 59.8. The summed E-state index contributed by atoms with van der Waals surface area (Å²) in [6.07, 6.45) is 35.5. The molecule has 114 heavy (non-hydrogen) atoms. The maximum atomic E-state index is 12.5. The van der Waals surface area contributed by atoms with E-state index in [9.17, 15) is 57.5 Å². The lowest BCUT2D eigenvalue weighted by molar-refractivity contribution is -0.145. The van der Waals surface area contributed by atoms with Gasteiger partial charge in [-0.05, 0) is 245 Å². The number of unbranched alkanes of at least 4 members (excludes halogenated alkanes) is 2. The van der Waals surface area contributed by atoms with Gasteiger partial charge in [0.25, 0.3) is 0 Å². The van der Waals surface area contributed by atoms with Crippen LogP contribution in [0.25, 0.3) is 0 Å². The average molecular weight is 1610 g/mol. The Morgan fingerprint density at radius 2 is 0.596 bits per heavy atom. The molecule has 6 amide bonds. The standard InChI is InChI=1S/C45H71N3O12.2C14H21NO4.C11H21NO4/c1-3-40(49)56-25-27-59-44(53)47-38-19-11-33(12-20-38)29-32-7-9-36(10-8-32)31-42(51)55-23-5-6-24-58-43(52)46-37-17-13-34(14-18-37)30-35-15-21-39(22-16-35)48-45(54)60-28-26-57-41(50)4-2;2*1-2-13(16)18-5-6-19-14(17)15-9-12-8-10-3-4-11(12)7-10;1-3-7-10(13)15-8-5-6-9-16-11(14)12-4-2/h3-4,32-39H,1-2,5-31H2,(H,46,52)(H,47,53)(H,48,54);2*2,10-12H,1,3-9H2,(H,15,17);3-9H2,1-2H3,(H,12,14). The SMILES string of the molecule is C=CC(=O)OCCOC(=O)NC1CCC(CC2CCC(CC(=O)OCCCCOC(=O)NC3CCC(CC4CCC(NC(=O)OCCOC(=O)C=C)CC4)CC3)CC2)CC1.C=CC(=O)OCCOC(=O)NCC1CC2CCC1C2.C=CC(=O)OCCOC(=O)NCC1CC2CCC1C2.CCCC(=O)OCCCCOC(=O)NCC. The van der Waals surface area contributed by atoms with Crippen LogP contribution in [0.4, 0.5) is 28.8 Å². The molecule has 30 heteroatoms. The Morgan fingerprint density at radius 1 is 0.307 bits per heavy atom. The van der Waals surface area contributed by atoms with Crippen LogP contribution in [0.2, 0.25) is 0 Å². The Kier molecular flexibility index (Phi) is 48.4. The number of alkyl carbamates (subject to hydrolysis) is 6. The Hall–Kier alpha value is -8.60. The summed E-state index contributed by atoms with van der Waals surface area (Å²) in [5.41, 5.74) is 0. The molecule has 0 aromatic carbocycles. The number of rotatable bonds is 42. The highest BCUT2D eigenvalue weighted by molar-refractivity contribution is 5.82. The summed E-state index contributed by atoms with van der Waals surface area (Å²) in [5.74, 6) is 5.20. The highest BCUT2D eigenvalue weighted by atomic mass is 16.6. The molecule has 8 aliphatic rings. The average Bonchev–Trinajstić information content (AvgIpc) is 1.70. The predicted octanol–water partition coefficient (Wildman–Crippen LogP) is 13.2. The largest absolute Gasteiger partial charge is 0.466 e. The second-order valence-corrected chi connectivity index (χ2v) is 31.2. The van der Waals surface area contributed by atoms with Crippen LogP contribution in [0.1, 0.15) is 226 Å². The fourth-order valence-corrected chi connectivity index (χ4v) is 16.9. The van der Waals surface area contributed by atoms with Gasteiger partial charge in [0.15, 0.2) is 0 Å². The first-order valence-corrected chi connectivity index (χ1v) is 42.2.